The van der Waals surface area contributed by atoms with Crippen LogP contribution in [-0.2, 0) is 10.0 Å². The molecule has 0 fully saturated rings. The molecule has 10 heteroatoms. The van der Waals surface area contributed by atoms with E-state index in [1.54, 1.807) is 17.8 Å². The number of hydrogen-bond donors (Lipinski definition) is 1. The molecule has 0 aliphatic heterocycles. The van der Waals surface area contributed by atoms with Crippen molar-refractivity contribution in [1.82, 2.24) is 18.9 Å². The van der Waals surface area contributed by atoms with E-state index < -0.39 is 10.0 Å². The zero-order valence-electron chi connectivity index (χ0n) is 14.9. The molecule has 0 aliphatic rings. The van der Waals surface area contributed by atoms with Crippen molar-refractivity contribution < 1.29 is 8.42 Å². The molecule has 0 spiro atoms. The van der Waals surface area contributed by atoms with Crippen LogP contribution in [-0.4, -0.2) is 53.7 Å². The highest BCUT2D eigenvalue weighted by Crippen LogP contribution is 2.30. The van der Waals surface area contributed by atoms with E-state index in [0.29, 0.717) is 30.2 Å². The Morgan fingerprint density at radius 3 is 2.78 bits per heavy atom. The molecule has 3 rings (SSSR count). The minimum absolute atomic E-state index is 0.431. The van der Waals surface area contributed by atoms with Crippen molar-refractivity contribution in [3.05, 3.63) is 46.0 Å². The highest BCUT2D eigenvalue weighted by atomic mass is 79.9. The first-order valence-electron chi connectivity index (χ1n) is 8.22. The lowest BCUT2D eigenvalue weighted by Gasteiger charge is -2.15. The van der Waals surface area contributed by atoms with Crippen LogP contribution in [0.1, 0.15) is 6.42 Å². The van der Waals surface area contributed by atoms with Gasteiger partial charge < -0.3 is 5.32 Å². The van der Waals surface area contributed by atoms with Crippen LogP contribution in [0.25, 0.3) is 16.9 Å². The van der Waals surface area contributed by atoms with Crippen molar-refractivity contribution in [1.29, 1.82) is 0 Å². The van der Waals surface area contributed by atoms with E-state index >= 15 is 0 Å². The quantitative estimate of drug-likeness (QED) is 0.532. The van der Waals surface area contributed by atoms with Gasteiger partial charge in [-0.15, -0.1) is 0 Å². The fraction of sp³-hybridized carbons (Fsp3) is 0.294. The summed E-state index contributed by atoms with van der Waals surface area (Å²) in [5, 5.41) is 8.26. The fourth-order valence-electron chi connectivity index (χ4n) is 2.55. The number of fused-ring (bicyclic) bond motifs is 1. The number of benzene rings is 1. The number of nitrogens with one attached hydrogen (secondary N) is 1. The van der Waals surface area contributed by atoms with Gasteiger partial charge in [-0.3, -0.25) is 0 Å². The molecule has 0 atom stereocenters. The summed E-state index contributed by atoms with van der Waals surface area (Å²) in [7, 11) is -1.60. The van der Waals surface area contributed by atoms with Crippen molar-refractivity contribution >= 4 is 49.0 Å². The van der Waals surface area contributed by atoms with E-state index in [1.807, 2.05) is 30.3 Å². The third-order valence-electron chi connectivity index (χ3n) is 4.10. The number of anilines is 1. The lowest BCUT2D eigenvalue weighted by molar-refractivity contribution is 0.470. The molecule has 0 radical (unpaired) electrons. The van der Waals surface area contributed by atoms with Crippen molar-refractivity contribution in [2.75, 3.05) is 31.7 Å². The highest BCUT2D eigenvalue weighted by molar-refractivity contribution is 9.10. The van der Waals surface area contributed by atoms with Crippen LogP contribution in [0.3, 0.4) is 0 Å². The normalized spacial score (nSPS) is 12.0. The average molecular weight is 473 g/mol. The molecule has 1 aromatic carbocycles. The first kappa shape index (κ1) is 20.1. The zero-order valence-corrected chi connectivity index (χ0v) is 18.0. The maximum Gasteiger partial charge on any atom is 0.210 e. The topological polar surface area (TPSA) is 79.6 Å². The monoisotopic (exact) mass is 471 g/mol. The average Bonchev–Trinajstić information content (AvgIpc) is 2.99. The SMILES string of the molecule is CN(CCCNc1cc(-c2ccccc2Cl)nc2c(Br)cnn12)S(C)(=O)=O. The smallest absolute Gasteiger partial charge is 0.210 e. The number of rotatable bonds is 7. The summed E-state index contributed by atoms with van der Waals surface area (Å²) in [4.78, 5) is 4.66. The standard InChI is InChI=1S/C17H19BrClN5O2S/c1-23(27(2,25)26)9-5-8-20-16-10-15(12-6-3-4-7-14(12)19)22-17-13(18)11-21-24(16)17/h3-4,6-7,10-11,20H,5,8-9H2,1-2H3. The Bertz CT molecular complexity index is 1070. The molecular formula is C17H19BrClN5O2S. The van der Waals surface area contributed by atoms with Crippen molar-refractivity contribution in [2.24, 2.45) is 0 Å². The van der Waals surface area contributed by atoms with Gasteiger partial charge in [-0.2, -0.15) is 9.61 Å². The van der Waals surface area contributed by atoms with Crippen molar-refractivity contribution in [2.45, 2.75) is 6.42 Å². The Hall–Kier alpha value is -1.68. The molecule has 0 aliphatic carbocycles. The van der Waals surface area contributed by atoms with Crippen LogP contribution < -0.4 is 5.32 Å². The van der Waals surface area contributed by atoms with Crippen LogP contribution in [0.5, 0.6) is 0 Å². The molecule has 2 heterocycles. The lowest BCUT2D eigenvalue weighted by Crippen LogP contribution is -2.27. The van der Waals surface area contributed by atoms with Gasteiger partial charge >= 0.3 is 0 Å². The van der Waals surface area contributed by atoms with Gasteiger partial charge in [-0.1, -0.05) is 29.8 Å². The Labute approximate surface area is 171 Å². The third kappa shape index (κ3) is 4.60. The Kier molecular flexibility index (Phi) is 6.05. The Balaban J connectivity index is 1.85. The van der Waals surface area contributed by atoms with E-state index in [1.165, 1.54) is 10.6 Å². The summed E-state index contributed by atoms with van der Waals surface area (Å²) in [6.45, 7) is 1.01. The second-order valence-corrected chi connectivity index (χ2v) is 9.45. The number of sulfonamides is 1. The minimum atomic E-state index is -3.17. The second kappa shape index (κ2) is 8.14. The first-order valence-corrected chi connectivity index (χ1v) is 11.2. The molecule has 0 unspecified atom stereocenters. The minimum Gasteiger partial charge on any atom is -0.370 e. The molecule has 7 nitrogen and oxygen atoms in total. The van der Waals surface area contributed by atoms with Gasteiger partial charge in [0.2, 0.25) is 10.0 Å². The fourth-order valence-corrected chi connectivity index (χ4v) is 3.59. The summed E-state index contributed by atoms with van der Waals surface area (Å²) in [6.07, 6.45) is 3.53. The number of aromatic nitrogens is 3. The molecule has 0 saturated carbocycles. The van der Waals surface area contributed by atoms with Crippen LogP contribution in [0, 0.1) is 0 Å². The lowest BCUT2D eigenvalue weighted by atomic mass is 10.1. The Morgan fingerprint density at radius 2 is 2.07 bits per heavy atom. The van der Waals surface area contributed by atoms with Gasteiger partial charge in [0.15, 0.2) is 5.65 Å². The number of nitrogens with zero attached hydrogens (tertiary/aromatic N) is 4. The van der Waals surface area contributed by atoms with Crippen LogP contribution in [0.15, 0.2) is 41.0 Å². The maximum absolute atomic E-state index is 11.5. The van der Waals surface area contributed by atoms with E-state index in [9.17, 15) is 8.42 Å². The van der Waals surface area contributed by atoms with Gasteiger partial charge in [0.25, 0.3) is 0 Å². The van der Waals surface area contributed by atoms with Crippen molar-refractivity contribution in [3.63, 3.8) is 0 Å². The predicted octanol–water partition coefficient (Wildman–Crippen LogP) is 3.51. The van der Waals surface area contributed by atoms with Gasteiger partial charge in [0.05, 0.1) is 22.6 Å². The summed E-state index contributed by atoms with van der Waals surface area (Å²) < 4.78 is 26.7. The molecule has 0 bridgehead atoms. The van der Waals surface area contributed by atoms with Crippen LogP contribution >= 0.6 is 27.5 Å². The van der Waals surface area contributed by atoms with Gasteiger partial charge in [0, 0.05) is 36.8 Å². The molecule has 0 amide bonds. The predicted molar refractivity (Wildman–Crippen MR) is 112 cm³/mol. The molecule has 144 valence electrons. The van der Waals surface area contributed by atoms with E-state index in [0.717, 1.165) is 21.5 Å². The summed E-state index contributed by atoms with van der Waals surface area (Å²) in [5.74, 6) is 0.752. The highest BCUT2D eigenvalue weighted by Gasteiger charge is 2.14. The van der Waals surface area contributed by atoms with Crippen LogP contribution in [0.4, 0.5) is 5.82 Å². The van der Waals surface area contributed by atoms with E-state index in [4.69, 9.17) is 11.6 Å². The summed E-state index contributed by atoms with van der Waals surface area (Å²) >= 11 is 9.79. The van der Waals surface area contributed by atoms with Gasteiger partial charge in [-0.25, -0.2) is 17.7 Å². The first-order chi connectivity index (χ1) is 12.8. The molecular weight excluding hydrogens is 454 g/mol. The van der Waals surface area contributed by atoms with E-state index in [2.05, 4.69) is 31.3 Å². The molecule has 3 aromatic rings. The molecule has 27 heavy (non-hydrogen) atoms. The summed E-state index contributed by atoms with van der Waals surface area (Å²) in [5.41, 5.74) is 2.22. The van der Waals surface area contributed by atoms with Crippen molar-refractivity contribution in [3.8, 4) is 11.3 Å². The van der Waals surface area contributed by atoms with E-state index in [-0.39, 0.29) is 0 Å². The third-order valence-corrected chi connectivity index (χ3v) is 6.30. The zero-order chi connectivity index (χ0) is 19.6. The van der Waals surface area contributed by atoms with Gasteiger partial charge in [-0.05, 0) is 28.4 Å². The molecule has 0 saturated heterocycles. The second-order valence-electron chi connectivity index (χ2n) is 6.10. The molecule has 2 aromatic heterocycles. The number of hydrogen-bond acceptors (Lipinski definition) is 5. The largest absolute Gasteiger partial charge is 0.370 e. The Morgan fingerprint density at radius 1 is 1.33 bits per heavy atom. The summed E-state index contributed by atoms with van der Waals surface area (Å²) in [6, 6.07) is 9.40. The number of halogens is 2. The maximum atomic E-state index is 11.5. The van der Waals surface area contributed by atoms with Crippen LogP contribution in [0.2, 0.25) is 5.02 Å². The molecule has 1 N–H and O–H groups in total. The van der Waals surface area contributed by atoms with Gasteiger partial charge in [0.1, 0.15) is 5.82 Å².